The van der Waals surface area contributed by atoms with E-state index in [2.05, 4.69) is 33.3 Å². The van der Waals surface area contributed by atoms with Crippen molar-refractivity contribution in [2.45, 2.75) is 33.1 Å². The number of rotatable bonds is 8. The van der Waals surface area contributed by atoms with E-state index in [9.17, 15) is 10.1 Å². The number of hydrogen-bond donors (Lipinski definition) is 1. The topological polar surface area (TPSA) is 86.8 Å². The average Bonchev–Trinajstić information content (AvgIpc) is 3.13. The van der Waals surface area contributed by atoms with Crippen LogP contribution in [0.1, 0.15) is 37.3 Å². The Morgan fingerprint density at radius 3 is 2.86 bits per heavy atom. The molecule has 150 valence electrons. The van der Waals surface area contributed by atoms with Gasteiger partial charge in [-0.05, 0) is 44.6 Å². The first-order valence-corrected chi connectivity index (χ1v) is 9.86. The fraction of sp³-hybridized carbons (Fsp3) is 0.364. The number of carbonyl (C=O) groups is 1. The zero-order valence-electron chi connectivity index (χ0n) is 17.1. The molecule has 3 aromatic rings. The molecule has 1 amide bonds. The summed E-state index contributed by atoms with van der Waals surface area (Å²) in [6.07, 6.45) is 4.03. The van der Waals surface area contributed by atoms with Crippen LogP contribution in [0.25, 0.3) is 16.7 Å². The van der Waals surface area contributed by atoms with Crippen molar-refractivity contribution in [3.8, 4) is 11.9 Å². The van der Waals surface area contributed by atoms with Crippen LogP contribution in [0.3, 0.4) is 0 Å². The first-order chi connectivity index (χ1) is 14.0. The van der Waals surface area contributed by atoms with Gasteiger partial charge in [0.2, 0.25) is 5.91 Å². The van der Waals surface area contributed by atoms with E-state index in [1.54, 1.807) is 0 Å². The van der Waals surface area contributed by atoms with Crippen molar-refractivity contribution in [3.05, 3.63) is 47.7 Å². The second-order valence-electron chi connectivity index (χ2n) is 7.20. The summed E-state index contributed by atoms with van der Waals surface area (Å²) in [5.74, 6) is 0.776. The zero-order valence-corrected chi connectivity index (χ0v) is 17.1. The van der Waals surface area contributed by atoms with Crippen LogP contribution in [0, 0.1) is 18.3 Å². The summed E-state index contributed by atoms with van der Waals surface area (Å²) in [4.78, 5) is 19.3. The number of pyridine rings is 1. The highest BCUT2D eigenvalue weighted by Gasteiger charge is 2.17. The molecule has 0 fully saturated rings. The Kier molecular flexibility index (Phi) is 6.57. The van der Waals surface area contributed by atoms with Crippen molar-refractivity contribution < 1.29 is 4.79 Å². The maximum absolute atomic E-state index is 12.5. The van der Waals surface area contributed by atoms with E-state index in [-0.39, 0.29) is 5.91 Å². The Morgan fingerprint density at radius 1 is 1.31 bits per heavy atom. The fourth-order valence-corrected chi connectivity index (χ4v) is 3.19. The number of aromatic nitrogens is 3. The number of unbranched alkanes of at least 4 members (excludes halogenated alkanes) is 1. The lowest BCUT2D eigenvalue weighted by molar-refractivity contribution is -0.116. The molecule has 7 heteroatoms. The molecule has 0 saturated carbocycles. The minimum absolute atomic E-state index is 0.149. The molecule has 0 aliphatic rings. The molecule has 0 bridgehead atoms. The van der Waals surface area contributed by atoms with Gasteiger partial charge in [0.05, 0.1) is 11.7 Å². The molecule has 0 atom stereocenters. The fourth-order valence-electron chi connectivity index (χ4n) is 3.19. The number of anilines is 1. The molecule has 3 rings (SSSR count). The van der Waals surface area contributed by atoms with E-state index in [0.717, 1.165) is 35.9 Å². The molecular formula is C22H26N6O. The third kappa shape index (κ3) is 4.79. The Hall–Kier alpha value is -3.24. The average molecular weight is 390 g/mol. The van der Waals surface area contributed by atoms with E-state index >= 15 is 0 Å². The number of fused-ring (bicyclic) bond motifs is 1. The summed E-state index contributed by atoms with van der Waals surface area (Å²) >= 11 is 0. The zero-order chi connectivity index (χ0) is 20.8. The predicted molar refractivity (Wildman–Crippen MR) is 114 cm³/mol. The third-order valence-corrected chi connectivity index (χ3v) is 4.89. The molecule has 0 radical (unpaired) electrons. The van der Waals surface area contributed by atoms with Gasteiger partial charge in [0.15, 0.2) is 11.6 Å². The van der Waals surface area contributed by atoms with Crippen molar-refractivity contribution >= 4 is 22.6 Å². The second-order valence-corrected chi connectivity index (χ2v) is 7.20. The van der Waals surface area contributed by atoms with Crippen molar-refractivity contribution in [2.24, 2.45) is 0 Å². The highest BCUT2D eigenvalue weighted by atomic mass is 16.1. The van der Waals surface area contributed by atoms with Gasteiger partial charge in [-0.1, -0.05) is 31.5 Å². The van der Waals surface area contributed by atoms with Crippen LogP contribution in [-0.2, 0) is 4.79 Å². The molecule has 2 heterocycles. The molecule has 1 N–H and O–H groups in total. The Morgan fingerprint density at radius 2 is 2.10 bits per heavy atom. The summed E-state index contributed by atoms with van der Waals surface area (Å²) in [6.45, 7) is 5.78. The number of nitrogens with zero attached hydrogens (tertiary/aromatic N) is 5. The van der Waals surface area contributed by atoms with Gasteiger partial charge in [0.1, 0.15) is 11.6 Å². The lowest BCUT2D eigenvalue weighted by Crippen LogP contribution is -2.26. The number of para-hydroxylation sites is 1. The number of hydrogen-bond acceptors (Lipinski definition) is 5. The number of nitriles is 1. The van der Waals surface area contributed by atoms with Gasteiger partial charge in [-0.25, -0.2) is 4.98 Å². The standard InChI is InChI=1S/C22H26N6O/c1-4-5-11-27(3)12-10-21(29)26-22-17(14-23)15-24-28(22)20-13-16(2)18-8-6-7-9-19(18)25-20/h6-9,13,15H,4-5,10-12H2,1-3H3,(H,26,29). The molecule has 1 aromatic carbocycles. The van der Waals surface area contributed by atoms with E-state index in [4.69, 9.17) is 0 Å². The summed E-state index contributed by atoms with van der Waals surface area (Å²) < 4.78 is 1.52. The van der Waals surface area contributed by atoms with Gasteiger partial charge >= 0.3 is 0 Å². The maximum Gasteiger partial charge on any atom is 0.226 e. The largest absolute Gasteiger partial charge is 0.309 e. The molecule has 0 unspecified atom stereocenters. The van der Waals surface area contributed by atoms with E-state index < -0.39 is 0 Å². The normalized spacial score (nSPS) is 11.0. The molecule has 0 saturated heterocycles. The van der Waals surface area contributed by atoms with Crippen LogP contribution < -0.4 is 5.32 Å². The van der Waals surface area contributed by atoms with E-state index in [1.807, 2.05) is 44.3 Å². The molecular weight excluding hydrogens is 364 g/mol. The van der Waals surface area contributed by atoms with Gasteiger partial charge in [-0.15, -0.1) is 0 Å². The van der Waals surface area contributed by atoms with Crippen LogP contribution in [-0.4, -0.2) is 45.7 Å². The van der Waals surface area contributed by atoms with Crippen LogP contribution in [0.5, 0.6) is 0 Å². The Balaban J connectivity index is 1.83. The van der Waals surface area contributed by atoms with E-state index in [0.29, 0.717) is 30.2 Å². The van der Waals surface area contributed by atoms with Crippen molar-refractivity contribution in [3.63, 3.8) is 0 Å². The van der Waals surface area contributed by atoms with E-state index in [1.165, 1.54) is 10.9 Å². The molecule has 29 heavy (non-hydrogen) atoms. The number of nitrogens with one attached hydrogen (secondary N) is 1. The molecule has 0 aliphatic carbocycles. The predicted octanol–water partition coefficient (Wildman–Crippen LogP) is 3.66. The minimum atomic E-state index is -0.149. The number of amides is 1. The summed E-state index contributed by atoms with van der Waals surface area (Å²) in [6, 6.07) is 11.9. The van der Waals surface area contributed by atoms with Gasteiger partial charge in [0, 0.05) is 18.4 Å². The number of carbonyl (C=O) groups excluding carboxylic acids is 1. The van der Waals surface area contributed by atoms with Crippen LogP contribution in [0.4, 0.5) is 5.82 Å². The van der Waals surface area contributed by atoms with Crippen molar-refractivity contribution in [1.29, 1.82) is 5.26 Å². The van der Waals surface area contributed by atoms with Crippen LogP contribution in [0.2, 0.25) is 0 Å². The quantitative estimate of drug-likeness (QED) is 0.634. The first-order valence-electron chi connectivity index (χ1n) is 9.86. The van der Waals surface area contributed by atoms with Gasteiger partial charge in [-0.2, -0.15) is 15.0 Å². The SMILES string of the molecule is CCCCN(C)CCC(=O)Nc1c(C#N)cnn1-c1cc(C)c2ccccc2n1. The maximum atomic E-state index is 12.5. The number of benzene rings is 1. The lowest BCUT2D eigenvalue weighted by atomic mass is 10.1. The smallest absolute Gasteiger partial charge is 0.226 e. The highest BCUT2D eigenvalue weighted by molar-refractivity contribution is 5.91. The first kappa shape index (κ1) is 20.5. The summed E-state index contributed by atoms with van der Waals surface area (Å²) in [5, 5.41) is 17.7. The Labute approximate surface area is 171 Å². The van der Waals surface area contributed by atoms with Gasteiger partial charge in [0.25, 0.3) is 0 Å². The molecule has 0 aliphatic heterocycles. The number of aryl methyl sites for hydroxylation is 1. The summed E-state index contributed by atoms with van der Waals surface area (Å²) in [5.41, 5.74) is 2.20. The van der Waals surface area contributed by atoms with Gasteiger partial charge < -0.3 is 10.2 Å². The molecule has 0 spiro atoms. The summed E-state index contributed by atoms with van der Waals surface area (Å²) in [7, 11) is 2.01. The molecule has 7 nitrogen and oxygen atoms in total. The Bertz CT molecular complexity index is 1050. The third-order valence-electron chi connectivity index (χ3n) is 4.89. The monoisotopic (exact) mass is 390 g/mol. The lowest BCUT2D eigenvalue weighted by Gasteiger charge is -2.16. The molecule has 2 aromatic heterocycles. The highest BCUT2D eigenvalue weighted by Crippen LogP contribution is 2.23. The van der Waals surface area contributed by atoms with Crippen LogP contribution in [0.15, 0.2) is 36.5 Å². The van der Waals surface area contributed by atoms with Crippen molar-refractivity contribution in [2.75, 3.05) is 25.5 Å². The second kappa shape index (κ2) is 9.30. The minimum Gasteiger partial charge on any atom is -0.309 e. The van der Waals surface area contributed by atoms with Gasteiger partial charge in [-0.3, -0.25) is 4.79 Å². The van der Waals surface area contributed by atoms with Crippen LogP contribution >= 0.6 is 0 Å². The van der Waals surface area contributed by atoms with Crippen molar-refractivity contribution in [1.82, 2.24) is 19.7 Å².